The van der Waals surface area contributed by atoms with Gasteiger partial charge in [0.2, 0.25) is 5.91 Å². The molecule has 1 amide bonds. The summed E-state index contributed by atoms with van der Waals surface area (Å²) in [5.41, 5.74) is 7.65. The highest BCUT2D eigenvalue weighted by Gasteiger charge is 2.28. The topological polar surface area (TPSA) is 133 Å². The lowest BCUT2D eigenvalue weighted by Gasteiger charge is -2.28. The molecule has 2 heterocycles. The Bertz CT molecular complexity index is 1170. The van der Waals surface area contributed by atoms with Crippen molar-refractivity contribution in [1.29, 1.82) is 0 Å². The normalized spacial score (nSPS) is 19.9. The predicted molar refractivity (Wildman–Crippen MR) is 109 cm³/mol. The number of benzene rings is 1. The minimum Gasteiger partial charge on any atom is -0.382 e. The maximum atomic E-state index is 12.7. The molecule has 29 heavy (non-hydrogen) atoms. The van der Waals surface area contributed by atoms with Crippen LogP contribution in [0.4, 0.5) is 11.5 Å². The first-order valence-electron chi connectivity index (χ1n) is 9.37. The largest absolute Gasteiger partial charge is 0.382 e. The van der Waals surface area contributed by atoms with Crippen LogP contribution in [0, 0.1) is 5.92 Å². The van der Waals surface area contributed by atoms with Crippen molar-refractivity contribution in [3.63, 3.8) is 0 Å². The maximum Gasteiger partial charge on any atom is 0.227 e. The van der Waals surface area contributed by atoms with E-state index in [2.05, 4.69) is 20.3 Å². The molecule has 3 aromatic rings. The van der Waals surface area contributed by atoms with Gasteiger partial charge in [-0.05, 0) is 43.9 Å². The number of sulfone groups is 1. The van der Waals surface area contributed by atoms with E-state index in [1.54, 1.807) is 18.5 Å². The van der Waals surface area contributed by atoms with Gasteiger partial charge in [-0.3, -0.25) is 4.79 Å². The Kier molecular flexibility index (Phi) is 4.95. The molecule has 2 aromatic heterocycles. The number of hydrogen-bond acceptors (Lipinski definition) is 7. The number of nitrogens with one attached hydrogen (secondary N) is 1. The number of nitrogens with zero attached hydrogens (tertiary/aromatic N) is 4. The molecule has 1 aliphatic rings. The molecule has 0 atom stereocenters. The van der Waals surface area contributed by atoms with Crippen LogP contribution in [0.3, 0.4) is 0 Å². The highest BCUT2D eigenvalue weighted by Crippen LogP contribution is 2.34. The van der Waals surface area contributed by atoms with Crippen molar-refractivity contribution in [1.82, 2.24) is 19.5 Å². The van der Waals surface area contributed by atoms with E-state index in [4.69, 9.17) is 5.73 Å². The molecule has 4 rings (SSSR count). The van der Waals surface area contributed by atoms with Gasteiger partial charge in [0.1, 0.15) is 11.8 Å². The first-order valence-corrected chi connectivity index (χ1v) is 11.3. The SMILES string of the molecule is CS(=O)(=O)c1cccc(NC(=O)C2CCC(n3cnc4c(N)ncnc43)CC2)c1. The highest BCUT2D eigenvalue weighted by atomic mass is 32.2. The monoisotopic (exact) mass is 414 g/mol. The Balaban J connectivity index is 1.42. The highest BCUT2D eigenvalue weighted by molar-refractivity contribution is 7.90. The van der Waals surface area contributed by atoms with Crippen molar-refractivity contribution in [2.45, 2.75) is 36.6 Å². The van der Waals surface area contributed by atoms with Crippen LogP contribution < -0.4 is 11.1 Å². The van der Waals surface area contributed by atoms with Crippen LogP contribution in [0.25, 0.3) is 11.2 Å². The maximum absolute atomic E-state index is 12.7. The van der Waals surface area contributed by atoms with E-state index in [9.17, 15) is 13.2 Å². The molecule has 1 aromatic carbocycles. The summed E-state index contributed by atoms with van der Waals surface area (Å²) in [4.78, 5) is 25.4. The third kappa shape index (κ3) is 3.93. The standard InChI is InChI=1S/C19H22N6O3S/c1-29(27,28)15-4-2-3-13(9-15)24-19(26)12-5-7-14(8-6-12)25-11-23-16-17(20)21-10-22-18(16)25/h2-4,9-12,14H,5-8H2,1H3,(H,24,26)(H2,20,21,22). The minimum absolute atomic E-state index is 0.0869. The lowest BCUT2D eigenvalue weighted by molar-refractivity contribution is -0.121. The smallest absolute Gasteiger partial charge is 0.227 e. The fourth-order valence-corrected chi connectivity index (χ4v) is 4.47. The van der Waals surface area contributed by atoms with Crippen LogP contribution in [0.5, 0.6) is 0 Å². The first kappa shape index (κ1) is 19.3. The van der Waals surface area contributed by atoms with Gasteiger partial charge >= 0.3 is 0 Å². The van der Waals surface area contributed by atoms with Gasteiger partial charge in [0, 0.05) is 23.9 Å². The summed E-state index contributed by atoms with van der Waals surface area (Å²) in [5.74, 6) is 0.150. The van der Waals surface area contributed by atoms with E-state index in [0.717, 1.165) is 31.9 Å². The van der Waals surface area contributed by atoms with Crippen molar-refractivity contribution < 1.29 is 13.2 Å². The summed E-state index contributed by atoms with van der Waals surface area (Å²) >= 11 is 0. The number of fused-ring (bicyclic) bond motifs is 1. The van der Waals surface area contributed by atoms with E-state index >= 15 is 0 Å². The average molecular weight is 414 g/mol. The van der Waals surface area contributed by atoms with E-state index in [0.29, 0.717) is 22.7 Å². The molecule has 9 nitrogen and oxygen atoms in total. The van der Waals surface area contributed by atoms with Gasteiger partial charge in [0.25, 0.3) is 0 Å². The molecule has 0 bridgehead atoms. The third-order valence-electron chi connectivity index (χ3n) is 5.38. The Labute approximate surface area is 168 Å². The van der Waals surface area contributed by atoms with Gasteiger partial charge in [-0.25, -0.2) is 23.4 Å². The molecule has 10 heteroatoms. The van der Waals surface area contributed by atoms with Gasteiger partial charge in [0.15, 0.2) is 21.3 Å². The van der Waals surface area contributed by atoms with E-state index in [-0.39, 0.29) is 22.8 Å². The van der Waals surface area contributed by atoms with Crippen molar-refractivity contribution in [3.8, 4) is 0 Å². The lowest BCUT2D eigenvalue weighted by Crippen LogP contribution is -2.28. The van der Waals surface area contributed by atoms with E-state index < -0.39 is 9.84 Å². The van der Waals surface area contributed by atoms with Gasteiger partial charge in [-0.1, -0.05) is 6.07 Å². The molecule has 1 saturated carbocycles. The molecule has 0 radical (unpaired) electrons. The molecule has 1 fully saturated rings. The minimum atomic E-state index is -3.32. The van der Waals surface area contributed by atoms with Crippen molar-refractivity contribution >= 4 is 38.4 Å². The number of hydrogen-bond donors (Lipinski definition) is 2. The summed E-state index contributed by atoms with van der Waals surface area (Å²) in [6, 6.07) is 6.52. The number of aromatic nitrogens is 4. The van der Waals surface area contributed by atoms with Gasteiger partial charge < -0.3 is 15.6 Å². The molecule has 152 valence electrons. The molecule has 1 aliphatic carbocycles. The Morgan fingerprint density at radius 1 is 1.17 bits per heavy atom. The van der Waals surface area contributed by atoms with Crippen LogP contribution in [0.15, 0.2) is 41.8 Å². The molecule has 0 aliphatic heterocycles. The van der Waals surface area contributed by atoms with Gasteiger partial charge in [-0.15, -0.1) is 0 Å². The zero-order chi connectivity index (χ0) is 20.6. The van der Waals surface area contributed by atoms with Crippen molar-refractivity contribution in [3.05, 3.63) is 36.9 Å². The van der Waals surface area contributed by atoms with E-state index in [1.165, 1.54) is 18.5 Å². The molecular formula is C19H22N6O3S. The van der Waals surface area contributed by atoms with Crippen LogP contribution in [-0.2, 0) is 14.6 Å². The Morgan fingerprint density at radius 2 is 1.93 bits per heavy atom. The molecule has 0 saturated heterocycles. The molecule has 0 spiro atoms. The lowest BCUT2D eigenvalue weighted by atomic mass is 9.85. The number of carbonyl (C=O) groups excluding carboxylic acids is 1. The zero-order valence-electron chi connectivity index (χ0n) is 15.9. The average Bonchev–Trinajstić information content (AvgIpc) is 3.13. The number of amides is 1. The predicted octanol–water partition coefficient (Wildman–Crippen LogP) is 2.18. The number of carbonyl (C=O) groups is 1. The second-order valence-electron chi connectivity index (χ2n) is 7.38. The summed E-state index contributed by atoms with van der Waals surface area (Å²) in [5, 5.41) is 2.85. The summed E-state index contributed by atoms with van der Waals surface area (Å²) < 4.78 is 25.4. The number of nitrogen functional groups attached to an aromatic ring is 1. The van der Waals surface area contributed by atoms with Gasteiger partial charge in [0.05, 0.1) is 11.2 Å². The fraction of sp³-hybridized carbons (Fsp3) is 0.368. The number of nitrogens with two attached hydrogens (primary N) is 1. The summed E-state index contributed by atoms with van der Waals surface area (Å²) in [6.45, 7) is 0. The fourth-order valence-electron chi connectivity index (χ4n) is 3.80. The summed E-state index contributed by atoms with van der Waals surface area (Å²) in [6.07, 6.45) is 7.39. The second kappa shape index (κ2) is 7.43. The molecule has 3 N–H and O–H groups in total. The molecular weight excluding hydrogens is 392 g/mol. The Hall–Kier alpha value is -3.01. The van der Waals surface area contributed by atoms with E-state index in [1.807, 2.05) is 4.57 Å². The van der Waals surface area contributed by atoms with Crippen molar-refractivity contribution in [2.24, 2.45) is 5.92 Å². The van der Waals surface area contributed by atoms with Crippen LogP contribution in [0.2, 0.25) is 0 Å². The van der Waals surface area contributed by atoms with Crippen molar-refractivity contribution in [2.75, 3.05) is 17.3 Å². The van der Waals surface area contributed by atoms with Crippen LogP contribution in [-0.4, -0.2) is 40.1 Å². The van der Waals surface area contributed by atoms with Crippen LogP contribution in [0.1, 0.15) is 31.7 Å². The Morgan fingerprint density at radius 3 is 2.66 bits per heavy atom. The number of rotatable bonds is 4. The first-order chi connectivity index (χ1) is 13.8. The summed E-state index contributed by atoms with van der Waals surface area (Å²) in [7, 11) is -3.32. The van der Waals surface area contributed by atoms with Crippen LogP contribution >= 0.6 is 0 Å². The molecule has 0 unspecified atom stereocenters. The van der Waals surface area contributed by atoms with Gasteiger partial charge in [-0.2, -0.15) is 0 Å². The zero-order valence-corrected chi connectivity index (χ0v) is 16.8. The number of anilines is 2. The quantitative estimate of drug-likeness (QED) is 0.668. The third-order valence-corrected chi connectivity index (χ3v) is 6.49. The number of imidazole rings is 1. The second-order valence-corrected chi connectivity index (χ2v) is 9.39.